The fourth-order valence-corrected chi connectivity index (χ4v) is 3.61. The molecule has 0 spiro atoms. The van der Waals surface area contributed by atoms with Crippen LogP contribution in [0.1, 0.15) is 52.4 Å². The van der Waals surface area contributed by atoms with Gasteiger partial charge in [0.25, 0.3) is 0 Å². The smallest absolute Gasteiger partial charge is 0.226 e. The first-order chi connectivity index (χ1) is 8.52. The van der Waals surface area contributed by atoms with Crippen molar-refractivity contribution in [3.8, 4) is 0 Å². The number of nitrogens with zero attached hydrogens (tertiary/aromatic N) is 1. The van der Waals surface area contributed by atoms with Gasteiger partial charge in [0.15, 0.2) is 5.78 Å². The largest absolute Gasteiger partial charge is 0.297 e. The summed E-state index contributed by atoms with van der Waals surface area (Å²) < 4.78 is 0. The minimum Gasteiger partial charge on any atom is -0.297 e. The van der Waals surface area contributed by atoms with Gasteiger partial charge in [-0.3, -0.25) is 19.3 Å². The van der Waals surface area contributed by atoms with Crippen LogP contribution in [0.5, 0.6) is 0 Å². The van der Waals surface area contributed by atoms with Crippen molar-refractivity contribution in [3.63, 3.8) is 0 Å². The molecule has 2 aliphatic rings. The van der Waals surface area contributed by atoms with E-state index in [1.807, 2.05) is 0 Å². The summed E-state index contributed by atoms with van der Waals surface area (Å²) in [5.41, 5.74) is 0. The maximum atomic E-state index is 12.5. The molecule has 2 saturated carbocycles. The van der Waals surface area contributed by atoms with E-state index in [0.717, 1.165) is 30.6 Å². The number of carbonyl (C=O) groups excluding carboxylic acids is 3. The Bertz CT molecular complexity index is 363. The third-order valence-corrected chi connectivity index (χ3v) is 4.40. The number of hydrogen-bond donors (Lipinski definition) is 0. The lowest BCUT2D eigenvalue weighted by molar-refractivity contribution is -0.153. The number of rotatable bonds is 1. The Balaban J connectivity index is 2.17. The molecule has 2 amide bonds. The number of hydrogen-bond acceptors (Lipinski definition) is 3. The van der Waals surface area contributed by atoms with Crippen molar-refractivity contribution in [2.24, 2.45) is 11.8 Å². The molecule has 4 nitrogen and oxygen atoms in total. The van der Waals surface area contributed by atoms with E-state index in [0.29, 0.717) is 12.3 Å². The molecular formula is C14H21NO3. The first-order valence-electron chi connectivity index (χ1n) is 6.86. The molecule has 0 bridgehead atoms. The summed E-state index contributed by atoms with van der Waals surface area (Å²) in [7, 11) is 0. The summed E-state index contributed by atoms with van der Waals surface area (Å²) in [6.45, 7) is 2.73. The van der Waals surface area contributed by atoms with Crippen LogP contribution in [0, 0.1) is 11.8 Å². The average Bonchev–Trinajstić information content (AvgIpc) is 2.32. The molecule has 0 N–H and O–H groups in total. The Labute approximate surface area is 108 Å². The van der Waals surface area contributed by atoms with Gasteiger partial charge in [0.2, 0.25) is 11.8 Å². The first kappa shape index (κ1) is 13.2. The molecule has 0 aromatic heterocycles. The average molecular weight is 251 g/mol. The van der Waals surface area contributed by atoms with Gasteiger partial charge < -0.3 is 0 Å². The van der Waals surface area contributed by atoms with Crippen molar-refractivity contribution >= 4 is 17.6 Å². The van der Waals surface area contributed by atoms with Crippen molar-refractivity contribution in [3.05, 3.63) is 0 Å². The Morgan fingerprint density at radius 3 is 2.22 bits per heavy atom. The first-order valence-corrected chi connectivity index (χ1v) is 6.86. The van der Waals surface area contributed by atoms with Gasteiger partial charge in [-0.05, 0) is 31.6 Å². The monoisotopic (exact) mass is 251 g/mol. The normalized spacial score (nSPS) is 31.7. The van der Waals surface area contributed by atoms with Gasteiger partial charge in [0.1, 0.15) is 0 Å². The number of ketones is 1. The van der Waals surface area contributed by atoms with Crippen LogP contribution in [0.2, 0.25) is 0 Å². The van der Waals surface area contributed by atoms with Crippen molar-refractivity contribution in [1.29, 1.82) is 0 Å². The molecule has 0 aromatic carbocycles. The minimum atomic E-state index is -0.501. The molecule has 18 heavy (non-hydrogen) atoms. The number of fused-ring (bicyclic) bond motifs is 1. The van der Waals surface area contributed by atoms with Gasteiger partial charge in [-0.2, -0.15) is 0 Å². The molecular weight excluding hydrogens is 230 g/mol. The second-order valence-corrected chi connectivity index (χ2v) is 5.55. The Morgan fingerprint density at radius 2 is 1.61 bits per heavy atom. The highest BCUT2D eigenvalue weighted by molar-refractivity contribution is 6.00. The fourth-order valence-electron chi connectivity index (χ4n) is 3.61. The summed E-state index contributed by atoms with van der Waals surface area (Å²) >= 11 is 0. The van der Waals surface area contributed by atoms with Crippen molar-refractivity contribution in [1.82, 2.24) is 4.90 Å². The lowest BCUT2D eigenvalue weighted by atomic mass is 9.68. The highest BCUT2D eigenvalue weighted by atomic mass is 16.2. The van der Waals surface area contributed by atoms with Gasteiger partial charge in [0.05, 0.1) is 6.04 Å². The van der Waals surface area contributed by atoms with Crippen LogP contribution in [0.3, 0.4) is 0 Å². The van der Waals surface area contributed by atoms with Gasteiger partial charge >= 0.3 is 0 Å². The fraction of sp³-hybridized carbons (Fsp3) is 0.786. The highest BCUT2D eigenvalue weighted by Gasteiger charge is 2.43. The van der Waals surface area contributed by atoms with Gasteiger partial charge in [-0.1, -0.05) is 12.8 Å². The standard InChI is InChI=1S/C14H21NO3/c1-9(16)15(10(2)17)13-8-7-11-5-3-4-6-12(11)14(13)18/h11-13H,3-8H2,1-2H3. The van der Waals surface area contributed by atoms with E-state index in [1.54, 1.807) is 0 Å². The zero-order chi connectivity index (χ0) is 13.3. The quantitative estimate of drug-likeness (QED) is 0.715. The molecule has 0 aromatic rings. The Morgan fingerprint density at radius 1 is 1.00 bits per heavy atom. The zero-order valence-electron chi connectivity index (χ0n) is 11.1. The maximum Gasteiger partial charge on any atom is 0.226 e. The van der Waals surface area contributed by atoms with Crippen LogP contribution in [0.25, 0.3) is 0 Å². The number of imide groups is 1. The maximum absolute atomic E-state index is 12.5. The van der Waals surface area contributed by atoms with E-state index in [-0.39, 0.29) is 23.5 Å². The van der Waals surface area contributed by atoms with Gasteiger partial charge in [-0.25, -0.2) is 0 Å². The Hall–Kier alpha value is -1.19. The van der Waals surface area contributed by atoms with E-state index < -0.39 is 6.04 Å². The van der Waals surface area contributed by atoms with E-state index in [1.165, 1.54) is 20.3 Å². The lowest BCUT2D eigenvalue weighted by Crippen LogP contribution is -2.52. The molecule has 0 radical (unpaired) electrons. The SMILES string of the molecule is CC(=O)N(C(C)=O)C1CCC2CCCCC2C1=O. The van der Waals surface area contributed by atoms with Crippen molar-refractivity contribution < 1.29 is 14.4 Å². The number of Topliss-reactive ketones (excluding diaryl/α,β-unsaturated/α-hetero) is 1. The van der Waals surface area contributed by atoms with Crippen LogP contribution < -0.4 is 0 Å². The van der Waals surface area contributed by atoms with E-state index in [4.69, 9.17) is 0 Å². The predicted molar refractivity (Wildman–Crippen MR) is 66.7 cm³/mol. The van der Waals surface area contributed by atoms with Crippen LogP contribution in [-0.2, 0) is 14.4 Å². The van der Waals surface area contributed by atoms with E-state index in [9.17, 15) is 14.4 Å². The van der Waals surface area contributed by atoms with Crippen LogP contribution in [0.4, 0.5) is 0 Å². The molecule has 2 fully saturated rings. The Kier molecular flexibility index (Phi) is 3.83. The van der Waals surface area contributed by atoms with Gasteiger partial charge in [0, 0.05) is 19.8 Å². The topological polar surface area (TPSA) is 54.5 Å². The summed E-state index contributed by atoms with van der Waals surface area (Å²) in [4.78, 5) is 36.7. The number of carbonyl (C=O) groups is 3. The third-order valence-electron chi connectivity index (χ3n) is 4.40. The van der Waals surface area contributed by atoms with Gasteiger partial charge in [-0.15, -0.1) is 0 Å². The molecule has 0 saturated heterocycles. The molecule has 0 heterocycles. The molecule has 4 heteroatoms. The van der Waals surface area contributed by atoms with Crippen molar-refractivity contribution in [2.45, 2.75) is 58.4 Å². The number of amides is 2. The third kappa shape index (κ3) is 2.33. The second-order valence-electron chi connectivity index (χ2n) is 5.55. The summed E-state index contributed by atoms with van der Waals surface area (Å²) in [6, 6.07) is -0.501. The van der Waals surface area contributed by atoms with Crippen LogP contribution in [-0.4, -0.2) is 28.5 Å². The summed E-state index contributed by atoms with van der Waals surface area (Å²) in [5, 5.41) is 0. The molecule has 0 aliphatic heterocycles. The molecule has 100 valence electrons. The van der Waals surface area contributed by atoms with Crippen molar-refractivity contribution in [2.75, 3.05) is 0 Å². The minimum absolute atomic E-state index is 0.0821. The molecule has 2 aliphatic carbocycles. The predicted octanol–water partition coefficient (Wildman–Crippen LogP) is 1.92. The van der Waals surface area contributed by atoms with Crippen LogP contribution >= 0.6 is 0 Å². The molecule has 3 unspecified atom stereocenters. The van der Waals surface area contributed by atoms with E-state index >= 15 is 0 Å². The summed E-state index contributed by atoms with van der Waals surface area (Å²) in [5.74, 6) is 0.0727. The molecule has 3 atom stereocenters. The highest BCUT2D eigenvalue weighted by Crippen LogP contribution is 2.39. The second kappa shape index (κ2) is 5.21. The van der Waals surface area contributed by atoms with E-state index in [2.05, 4.69) is 0 Å². The van der Waals surface area contributed by atoms with Crippen LogP contribution in [0.15, 0.2) is 0 Å². The lowest BCUT2D eigenvalue weighted by Gasteiger charge is -2.40. The zero-order valence-corrected chi connectivity index (χ0v) is 11.1. The molecule has 2 rings (SSSR count). The summed E-state index contributed by atoms with van der Waals surface area (Å²) in [6.07, 6.45) is 5.99.